The third kappa shape index (κ3) is 17.5. The smallest absolute Gasteiger partial charge is 0.242 e. The van der Waals surface area contributed by atoms with Gasteiger partial charge in [0.1, 0.15) is 6.04 Å². The van der Waals surface area contributed by atoms with E-state index in [1.54, 1.807) is 0 Å². The van der Waals surface area contributed by atoms with Crippen LogP contribution in [0, 0.1) is 5.92 Å². The number of amides is 2. The van der Waals surface area contributed by atoms with E-state index in [0.29, 0.717) is 13.0 Å². The van der Waals surface area contributed by atoms with Gasteiger partial charge >= 0.3 is 0 Å². The van der Waals surface area contributed by atoms with Gasteiger partial charge in [-0.2, -0.15) is 0 Å². The van der Waals surface area contributed by atoms with E-state index in [-0.39, 0.29) is 17.7 Å². The second-order valence-corrected chi connectivity index (χ2v) is 9.96. The molecule has 5 nitrogen and oxygen atoms in total. The zero-order chi connectivity index (χ0) is 22.8. The van der Waals surface area contributed by atoms with Gasteiger partial charge in [-0.3, -0.25) is 9.59 Å². The Morgan fingerprint density at radius 1 is 0.867 bits per heavy atom. The predicted molar refractivity (Wildman–Crippen MR) is 128 cm³/mol. The molecule has 0 aromatic rings. The van der Waals surface area contributed by atoms with Gasteiger partial charge in [0.15, 0.2) is 0 Å². The van der Waals surface area contributed by atoms with Crippen molar-refractivity contribution in [1.29, 1.82) is 0 Å². The van der Waals surface area contributed by atoms with Crippen molar-refractivity contribution in [3.63, 3.8) is 0 Å². The average molecular weight is 425 g/mol. The van der Waals surface area contributed by atoms with Gasteiger partial charge in [-0.1, -0.05) is 52.0 Å². The van der Waals surface area contributed by atoms with Crippen LogP contribution in [-0.4, -0.2) is 56.6 Å². The Kier molecular flexibility index (Phi) is 16.5. The fraction of sp³-hybridized carbons (Fsp3) is 0.840. The standard InChI is InChI=1S/C25H49N3O2/c1-7-8-9-10-11-12-13-16-19-23(29)27-24(22(2)3)25(30)26-20-17-14-15-18-21-28(4,5)6/h7,22,24H,1,8-21H2,2-6H3,(H-,26,27,29,30)/p+1/t24-/m0/s1. The topological polar surface area (TPSA) is 58.2 Å². The van der Waals surface area contributed by atoms with Gasteiger partial charge in [0, 0.05) is 13.0 Å². The Labute approximate surface area is 186 Å². The number of nitrogens with one attached hydrogen (secondary N) is 2. The summed E-state index contributed by atoms with van der Waals surface area (Å²) in [5.41, 5.74) is 0. The number of nitrogens with zero attached hydrogens (tertiary/aromatic N) is 1. The summed E-state index contributed by atoms with van der Waals surface area (Å²) < 4.78 is 1.00. The highest BCUT2D eigenvalue weighted by Gasteiger charge is 2.23. The van der Waals surface area contributed by atoms with Gasteiger partial charge in [0.2, 0.25) is 11.8 Å². The van der Waals surface area contributed by atoms with Gasteiger partial charge in [-0.15, -0.1) is 6.58 Å². The Hall–Kier alpha value is -1.36. The number of unbranched alkanes of at least 4 members (excludes halogenated alkanes) is 9. The molecule has 5 heteroatoms. The minimum atomic E-state index is -0.436. The average Bonchev–Trinajstić information content (AvgIpc) is 2.66. The molecule has 0 unspecified atom stereocenters. The lowest BCUT2D eigenvalue weighted by atomic mass is 10.0. The van der Waals surface area contributed by atoms with Crippen molar-refractivity contribution in [2.45, 2.75) is 96.9 Å². The minimum absolute atomic E-state index is 0.00388. The summed E-state index contributed by atoms with van der Waals surface area (Å²) in [6, 6.07) is -0.436. The first kappa shape index (κ1) is 28.6. The predicted octanol–water partition coefficient (Wildman–Crippen LogP) is 4.82. The molecule has 0 aromatic heterocycles. The Morgan fingerprint density at radius 2 is 1.43 bits per heavy atom. The van der Waals surface area contributed by atoms with Crippen LogP contribution in [0.1, 0.15) is 90.9 Å². The van der Waals surface area contributed by atoms with Gasteiger partial charge in [0.05, 0.1) is 27.7 Å². The van der Waals surface area contributed by atoms with Crippen LogP contribution in [-0.2, 0) is 9.59 Å². The summed E-state index contributed by atoms with van der Waals surface area (Å²) in [6.45, 7) is 9.58. The molecule has 0 aliphatic heterocycles. The lowest BCUT2D eigenvalue weighted by molar-refractivity contribution is -0.870. The third-order valence-corrected chi connectivity index (χ3v) is 5.38. The van der Waals surface area contributed by atoms with E-state index in [1.165, 1.54) is 45.1 Å². The fourth-order valence-electron chi connectivity index (χ4n) is 3.45. The number of quaternary nitrogens is 1. The number of hydrogen-bond acceptors (Lipinski definition) is 2. The fourth-order valence-corrected chi connectivity index (χ4v) is 3.45. The van der Waals surface area contributed by atoms with Crippen LogP contribution >= 0.6 is 0 Å². The van der Waals surface area contributed by atoms with E-state index in [1.807, 2.05) is 19.9 Å². The summed E-state index contributed by atoms with van der Waals surface area (Å²) >= 11 is 0. The maximum absolute atomic E-state index is 12.5. The van der Waals surface area contributed by atoms with E-state index >= 15 is 0 Å². The van der Waals surface area contributed by atoms with Crippen LogP contribution in [0.5, 0.6) is 0 Å². The number of hydrogen-bond donors (Lipinski definition) is 2. The first-order valence-electron chi connectivity index (χ1n) is 12.2. The van der Waals surface area contributed by atoms with E-state index in [9.17, 15) is 9.59 Å². The molecule has 0 saturated carbocycles. The first-order valence-corrected chi connectivity index (χ1v) is 12.2. The zero-order valence-corrected chi connectivity index (χ0v) is 20.6. The van der Waals surface area contributed by atoms with Crippen LogP contribution in [0.3, 0.4) is 0 Å². The van der Waals surface area contributed by atoms with Crippen LogP contribution in [0.25, 0.3) is 0 Å². The van der Waals surface area contributed by atoms with Crippen molar-refractivity contribution in [2.24, 2.45) is 5.92 Å². The highest BCUT2D eigenvalue weighted by atomic mass is 16.2. The Bertz CT molecular complexity index is 470. The summed E-state index contributed by atoms with van der Waals surface area (Å²) in [4.78, 5) is 24.8. The molecular formula is C25H50N3O2+. The molecule has 0 heterocycles. The summed E-state index contributed by atoms with van der Waals surface area (Å²) in [5.74, 6) is 0.0334. The van der Waals surface area contributed by atoms with E-state index in [0.717, 1.165) is 36.6 Å². The third-order valence-electron chi connectivity index (χ3n) is 5.38. The molecule has 0 aliphatic carbocycles. The first-order chi connectivity index (χ1) is 14.2. The molecule has 0 radical (unpaired) electrons. The van der Waals surface area contributed by atoms with E-state index in [4.69, 9.17) is 0 Å². The number of allylic oxidation sites excluding steroid dienone is 1. The quantitative estimate of drug-likeness (QED) is 0.177. The largest absolute Gasteiger partial charge is 0.354 e. The molecule has 0 bridgehead atoms. The molecule has 0 saturated heterocycles. The Morgan fingerprint density at radius 3 is 2.03 bits per heavy atom. The molecule has 0 rings (SSSR count). The lowest BCUT2D eigenvalue weighted by Crippen LogP contribution is -2.49. The van der Waals surface area contributed by atoms with Gasteiger partial charge < -0.3 is 15.1 Å². The highest BCUT2D eigenvalue weighted by molar-refractivity contribution is 5.87. The molecule has 176 valence electrons. The van der Waals surface area contributed by atoms with Crippen molar-refractivity contribution in [3.05, 3.63) is 12.7 Å². The summed E-state index contributed by atoms with van der Waals surface area (Å²) in [6.07, 6.45) is 14.9. The van der Waals surface area contributed by atoms with Gasteiger partial charge in [-0.25, -0.2) is 0 Å². The molecule has 1 atom stereocenters. The van der Waals surface area contributed by atoms with Crippen molar-refractivity contribution < 1.29 is 14.1 Å². The SMILES string of the molecule is C=CCCCCCCCCC(=O)N[C@H](C(=O)NCCCCCC[N+](C)(C)C)C(C)C. The highest BCUT2D eigenvalue weighted by Crippen LogP contribution is 2.10. The molecule has 30 heavy (non-hydrogen) atoms. The lowest BCUT2D eigenvalue weighted by Gasteiger charge is -2.23. The van der Waals surface area contributed by atoms with Crippen molar-refractivity contribution >= 4 is 11.8 Å². The normalized spacial score (nSPS) is 12.6. The van der Waals surface area contributed by atoms with Crippen molar-refractivity contribution in [2.75, 3.05) is 34.2 Å². The number of rotatable bonds is 19. The van der Waals surface area contributed by atoms with Crippen LogP contribution in [0.4, 0.5) is 0 Å². The monoisotopic (exact) mass is 424 g/mol. The van der Waals surface area contributed by atoms with Crippen LogP contribution in [0.2, 0.25) is 0 Å². The van der Waals surface area contributed by atoms with Crippen LogP contribution in [0.15, 0.2) is 12.7 Å². The van der Waals surface area contributed by atoms with E-state index < -0.39 is 6.04 Å². The van der Waals surface area contributed by atoms with Crippen molar-refractivity contribution in [1.82, 2.24) is 10.6 Å². The molecule has 2 amide bonds. The minimum Gasteiger partial charge on any atom is -0.354 e. The summed E-state index contributed by atoms with van der Waals surface area (Å²) in [7, 11) is 6.64. The van der Waals surface area contributed by atoms with E-state index in [2.05, 4.69) is 38.4 Å². The second-order valence-electron chi connectivity index (χ2n) is 9.96. The number of carbonyl (C=O) groups excluding carboxylic acids is 2. The molecule has 0 aliphatic rings. The maximum atomic E-state index is 12.5. The molecule has 0 spiro atoms. The molecule has 0 aromatic carbocycles. The molecule has 0 fully saturated rings. The van der Waals surface area contributed by atoms with Gasteiger partial charge in [-0.05, 0) is 44.4 Å². The van der Waals surface area contributed by atoms with Crippen molar-refractivity contribution in [3.8, 4) is 0 Å². The number of carbonyl (C=O) groups is 2. The second kappa shape index (κ2) is 17.3. The maximum Gasteiger partial charge on any atom is 0.242 e. The Balaban J connectivity index is 3.93. The zero-order valence-electron chi connectivity index (χ0n) is 20.6. The summed E-state index contributed by atoms with van der Waals surface area (Å²) in [5, 5.41) is 5.96. The van der Waals surface area contributed by atoms with Gasteiger partial charge in [0.25, 0.3) is 0 Å². The van der Waals surface area contributed by atoms with Crippen LogP contribution < -0.4 is 10.6 Å². The molecular weight excluding hydrogens is 374 g/mol. The molecule has 2 N–H and O–H groups in total.